The van der Waals surface area contributed by atoms with Crippen molar-refractivity contribution in [1.82, 2.24) is 19.6 Å². The third kappa shape index (κ3) is 1.92. The second-order valence-electron chi connectivity index (χ2n) is 3.59. The summed E-state index contributed by atoms with van der Waals surface area (Å²) < 4.78 is 1.71. The largest absolute Gasteiger partial charge is 0.252 e. The molecule has 0 saturated carbocycles. The molecule has 1 aromatic carbocycles. The molecular weight excluding hydrogens is 212 g/mol. The van der Waals surface area contributed by atoms with Crippen molar-refractivity contribution in [3.05, 3.63) is 60.2 Å². The highest BCUT2D eigenvalue weighted by molar-refractivity contribution is 5.68. The molecule has 2 heterocycles. The van der Waals surface area contributed by atoms with Gasteiger partial charge in [-0.2, -0.15) is 14.6 Å². The Bertz CT molecular complexity index is 655. The van der Waals surface area contributed by atoms with E-state index in [0.717, 1.165) is 11.3 Å². The Morgan fingerprint density at radius 1 is 0.941 bits per heavy atom. The molecule has 0 atom stereocenters. The maximum atomic E-state index is 4.12. The van der Waals surface area contributed by atoms with Crippen LogP contribution >= 0.6 is 0 Å². The fourth-order valence-corrected chi connectivity index (χ4v) is 1.63. The zero-order valence-electron chi connectivity index (χ0n) is 9.06. The summed E-state index contributed by atoms with van der Waals surface area (Å²) in [6.07, 6.45) is 7.27. The van der Waals surface area contributed by atoms with Gasteiger partial charge in [0.25, 0.3) is 5.78 Å². The minimum absolute atomic E-state index is 0.611. The van der Waals surface area contributed by atoms with E-state index in [1.165, 1.54) is 6.33 Å². The van der Waals surface area contributed by atoms with Crippen LogP contribution in [0.15, 0.2) is 48.9 Å². The number of benzene rings is 1. The first kappa shape index (κ1) is 9.72. The predicted octanol–water partition coefficient (Wildman–Crippen LogP) is 2.29. The van der Waals surface area contributed by atoms with Gasteiger partial charge in [0.05, 0.1) is 5.69 Å². The monoisotopic (exact) mass is 222 g/mol. The maximum absolute atomic E-state index is 4.12. The Morgan fingerprint density at radius 2 is 1.82 bits per heavy atom. The minimum atomic E-state index is 0.611. The first-order chi connectivity index (χ1) is 8.43. The molecule has 0 N–H and O–H groups in total. The molecule has 0 aliphatic carbocycles. The molecule has 4 nitrogen and oxygen atoms in total. The maximum Gasteiger partial charge on any atom is 0.252 e. The van der Waals surface area contributed by atoms with Crippen LogP contribution in [0.3, 0.4) is 0 Å². The lowest BCUT2D eigenvalue weighted by molar-refractivity contribution is 0.927. The van der Waals surface area contributed by atoms with Gasteiger partial charge in [0.2, 0.25) is 0 Å². The molecule has 2 aromatic heterocycles. The van der Waals surface area contributed by atoms with Crippen LogP contribution in [0.25, 0.3) is 17.9 Å². The Kier molecular flexibility index (Phi) is 2.38. The van der Waals surface area contributed by atoms with Crippen LogP contribution in [0.2, 0.25) is 0 Å². The molecule has 0 saturated heterocycles. The topological polar surface area (TPSA) is 43.1 Å². The molecule has 0 unspecified atom stereocenters. The third-order valence-electron chi connectivity index (χ3n) is 2.46. The van der Waals surface area contributed by atoms with Gasteiger partial charge in [-0.3, -0.25) is 0 Å². The molecular formula is C13H10N4. The van der Waals surface area contributed by atoms with Gasteiger partial charge in [0.15, 0.2) is 0 Å². The van der Waals surface area contributed by atoms with Crippen LogP contribution in [0.1, 0.15) is 11.3 Å². The third-order valence-corrected chi connectivity index (χ3v) is 2.46. The molecule has 4 heteroatoms. The SMILES string of the molecule is C(=C\c1ccnc2ncnn12)/c1ccccc1. The summed E-state index contributed by atoms with van der Waals surface area (Å²) in [5.41, 5.74) is 2.11. The van der Waals surface area contributed by atoms with Crippen LogP contribution < -0.4 is 0 Å². The van der Waals surface area contributed by atoms with Crippen molar-refractivity contribution in [1.29, 1.82) is 0 Å². The standard InChI is InChI=1S/C13H10N4/c1-2-4-11(5-3-1)6-7-12-8-9-14-13-15-10-16-17(12)13/h1-10H/b7-6+. The van der Waals surface area contributed by atoms with Crippen LogP contribution in [-0.4, -0.2) is 19.6 Å². The Balaban J connectivity index is 2.00. The molecule has 0 aliphatic heterocycles. The first-order valence-electron chi connectivity index (χ1n) is 5.31. The van der Waals surface area contributed by atoms with Crippen LogP contribution in [0, 0.1) is 0 Å². The Morgan fingerprint density at radius 3 is 2.71 bits per heavy atom. The van der Waals surface area contributed by atoms with Crippen LogP contribution in [-0.2, 0) is 0 Å². The van der Waals surface area contributed by atoms with E-state index in [0.29, 0.717) is 5.78 Å². The van der Waals surface area contributed by atoms with E-state index < -0.39 is 0 Å². The lowest BCUT2D eigenvalue weighted by atomic mass is 10.2. The van der Waals surface area contributed by atoms with Crippen LogP contribution in [0.5, 0.6) is 0 Å². The quantitative estimate of drug-likeness (QED) is 0.668. The Labute approximate surface area is 98.3 Å². The van der Waals surface area contributed by atoms with E-state index in [-0.39, 0.29) is 0 Å². The van der Waals surface area contributed by atoms with E-state index in [1.54, 1.807) is 10.7 Å². The molecule has 0 bridgehead atoms. The van der Waals surface area contributed by atoms with Crippen molar-refractivity contribution >= 4 is 17.9 Å². The molecule has 17 heavy (non-hydrogen) atoms. The van der Waals surface area contributed by atoms with Crippen molar-refractivity contribution < 1.29 is 0 Å². The molecule has 3 aromatic rings. The summed E-state index contributed by atoms with van der Waals surface area (Å²) in [5.74, 6) is 0.611. The lowest BCUT2D eigenvalue weighted by Gasteiger charge is -1.97. The van der Waals surface area contributed by atoms with E-state index >= 15 is 0 Å². The van der Waals surface area contributed by atoms with E-state index in [2.05, 4.69) is 27.2 Å². The summed E-state index contributed by atoms with van der Waals surface area (Å²) in [6.45, 7) is 0. The summed E-state index contributed by atoms with van der Waals surface area (Å²) in [6, 6.07) is 12.0. The lowest BCUT2D eigenvalue weighted by Crippen LogP contribution is -1.94. The highest BCUT2D eigenvalue weighted by Gasteiger charge is 1.98. The highest BCUT2D eigenvalue weighted by atomic mass is 15.3. The Hall–Kier alpha value is -2.49. The second-order valence-corrected chi connectivity index (χ2v) is 3.59. The van der Waals surface area contributed by atoms with Gasteiger partial charge in [-0.25, -0.2) is 4.98 Å². The first-order valence-corrected chi connectivity index (χ1v) is 5.31. The zero-order valence-corrected chi connectivity index (χ0v) is 9.06. The normalized spacial score (nSPS) is 11.3. The molecule has 82 valence electrons. The number of hydrogen-bond acceptors (Lipinski definition) is 3. The van der Waals surface area contributed by atoms with Crippen molar-refractivity contribution in [2.24, 2.45) is 0 Å². The fraction of sp³-hybridized carbons (Fsp3) is 0. The van der Waals surface area contributed by atoms with Gasteiger partial charge in [-0.05, 0) is 17.7 Å². The summed E-state index contributed by atoms with van der Waals surface area (Å²) in [4.78, 5) is 8.15. The van der Waals surface area contributed by atoms with Gasteiger partial charge in [-0.1, -0.05) is 36.4 Å². The van der Waals surface area contributed by atoms with Gasteiger partial charge < -0.3 is 0 Å². The fourth-order valence-electron chi connectivity index (χ4n) is 1.63. The molecule has 3 rings (SSSR count). The number of rotatable bonds is 2. The van der Waals surface area contributed by atoms with Gasteiger partial charge in [0, 0.05) is 6.20 Å². The average Bonchev–Trinajstić information content (AvgIpc) is 2.86. The van der Waals surface area contributed by atoms with Gasteiger partial charge >= 0.3 is 0 Å². The minimum Gasteiger partial charge on any atom is -0.220 e. The highest BCUT2D eigenvalue weighted by Crippen LogP contribution is 2.07. The van der Waals surface area contributed by atoms with E-state index in [4.69, 9.17) is 0 Å². The van der Waals surface area contributed by atoms with Gasteiger partial charge in [-0.15, -0.1) is 0 Å². The molecule has 0 amide bonds. The molecule has 0 fully saturated rings. The van der Waals surface area contributed by atoms with Crippen molar-refractivity contribution in [3.63, 3.8) is 0 Å². The summed E-state index contributed by atoms with van der Waals surface area (Å²) in [5, 5.41) is 4.12. The smallest absolute Gasteiger partial charge is 0.220 e. The molecule has 0 spiro atoms. The number of hydrogen-bond donors (Lipinski definition) is 0. The van der Waals surface area contributed by atoms with Crippen molar-refractivity contribution in [3.8, 4) is 0 Å². The second kappa shape index (κ2) is 4.17. The van der Waals surface area contributed by atoms with Crippen molar-refractivity contribution in [2.75, 3.05) is 0 Å². The number of nitrogens with zero attached hydrogens (tertiary/aromatic N) is 4. The molecule has 0 radical (unpaired) electrons. The number of aromatic nitrogens is 4. The van der Waals surface area contributed by atoms with Crippen LogP contribution in [0.4, 0.5) is 0 Å². The average molecular weight is 222 g/mol. The number of fused-ring (bicyclic) bond motifs is 1. The van der Waals surface area contributed by atoms with E-state index in [1.807, 2.05) is 36.4 Å². The molecule has 0 aliphatic rings. The van der Waals surface area contributed by atoms with Crippen molar-refractivity contribution in [2.45, 2.75) is 0 Å². The predicted molar refractivity (Wildman–Crippen MR) is 66.2 cm³/mol. The van der Waals surface area contributed by atoms with E-state index in [9.17, 15) is 0 Å². The summed E-state index contributed by atoms with van der Waals surface area (Å²) >= 11 is 0. The zero-order chi connectivity index (χ0) is 11.5. The summed E-state index contributed by atoms with van der Waals surface area (Å²) in [7, 11) is 0. The van der Waals surface area contributed by atoms with Gasteiger partial charge in [0.1, 0.15) is 6.33 Å².